The van der Waals surface area contributed by atoms with E-state index in [1.807, 2.05) is 6.07 Å². The van der Waals surface area contributed by atoms with Crippen LogP contribution in [0.3, 0.4) is 0 Å². The van der Waals surface area contributed by atoms with Gasteiger partial charge in [0.2, 0.25) is 10.0 Å². The SMILES string of the molecule is C=CCn1c(=NC(=O)c2ccc(S(=O)(=O)N3CCCCCC3)cc2)sc2ccc(Cl)c(Cl)c21. The van der Waals surface area contributed by atoms with E-state index in [1.54, 1.807) is 16.7 Å². The molecule has 1 aliphatic heterocycles. The van der Waals surface area contributed by atoms with Crippen LogP contribution in [0.5, 0.6) is 0 Å². The molecule has 1 fully saturated rings. The van der Waals surface area contributed by atoms with Crippen LogP contribution in [0.4, 0.5) is 0 Å². The van der Waals surface area contributed by atoms with Crippen LogP contribution in [0.25, 0.3) is 10.2 Å². The number of sulfonamides is 1. The minimum Gasteiger partial charge on any atom is -0.311 e. The summed E-state index contributed by atoms with van der Waals surface area (Å²) in [6.45, 7) is 5.23. The second-order valence-electron chi connectivity index (χ2n) is 7.75. The van der Waals surface area contributed by atoms with Crippen LogP contribution in [0.2, 0.25) is 10.0 Å². The summed E-state index contributed by atoms with van der Waals surface area (Å²) in [6, 6.07) is 9.50. The van der Waals surface area contributed by atoms with Crippen molar-refractivity contribution >= 4 is 60.7 Å². The van der Waals surface area contributed by atoms with Gasteiger partial charge in [-0.05, 0) is 49.2 Å². The Labute approximate surface area is 206 Å². The number of halogens is 2. The van der Waals surface area contributed by atoms with Crippen molar-refractivity contribution in [2.75, 3.05) is 13.1 Å². The molecule has 0 bridgehead atoms. The van der Waals surface area contributed by atoms with E-state index in [2.05, 4.69) is 11.6 Å². The molecule has 174 valence electrons. The van der Waals surface area contributed by atoms with Crippen molar-refractivity contribution in [1.29, 1.82) is 0 Å². The molecule has 3 aromatic rings. The Morgan fingerprint density at radius 3 is 2.36 bits per heavy atom. The Morgan fingerprint density at radius 1 is 1.06 bits per heavy atom. The summed E-state index contributed by atoms with van der Waals surface area (Å²) >= 11 is 13.9. The fourth-order valence-corrected chi connectivity index (χ4v) is 6.88. The van der Waals surface area contributed by atoms with Crippen LogP contribution in [-0.2, 0) is 16.6 Å². The number of rotatable bonds is 5. The van der Waals surface area contributed by atoms with Gasteiger partial charge in [-0.1, -0.05) is 53.5 Å². The van der Waals surface area contributed by atoms with Gasteiger partial charge in [0.1, 0.15) is 0 Å². The highest BCUT2D eigenvalue weighted by Crippen LogP contribution is 2.32. The summed E-state index contributed by atoms with van der Waals surface area (Å²) < 4.78 is 30.1. The highest BCUT2D eigenvalue weighted by atomic mass is 35.5. The molecule has 0 saturated carbocycles. The average Bonchev–Trinajstić information content (AvgIpc) is 2.97. The van der Waals surface area contributed by atoms with E-state index in [4.69, 9.17) is 23.2 Å². The highest BCUT2D eigenvalue weighted by molar-refractivity contribution is 7.89. The molecule has 33 heavy (non-hydrogen) atoms. The summed E-state index contributed by atoms with van der Waals surface area (Å²) in [4.78, 5) is 17.8. The lowest BCUT2D eigenvalue weighted by atomic mass is 10.2. The molecular weight excluding hydrogens is 501 g/mol. The normalized spacial score (nSPS) is 16.1. The number of aromatic nitrogens is 1. The van der Waals surface area contributed by atoms with Crippen molar-refractivity contribution in [2.45, 2.75) is 37.1 Å². The number of amides is 1. The first-order valence-corrected chi connectivity index (χ1v) is 13.6. The van der Waals surface area contributed by atoms with Gasteiger partial charge in [-0.25, -0.2) is 8.42 Å². The number of nitrogens with zero attached hydrogens (tertiary/aromatic N) is 3. The van der Waals surface area contributed by atoms with Crippen molar-refractivity contribution in [2.24, 2.45) is 4.99 Å². The maximum Gasteiger partial charge on any atom is 0.279 e. The summed E-state index contributed by atoms with van der Waals surface area (Å²) in [6.07, 6.45) is 5.51. The molecule has 1 aromatic heterocycles. The predicted molar refractivity (Wildman–Crippen MR) is 134 cm³/mol. The number of allylic oxidation sites excluding steroid dienone is 1. The number of benzene rings is 2. The number of carbonyl (C=O) groups is 1. The van der Waals surface area contributed by atoms with E-state index >= 15 is 0 Å². The zero-order valence-electron chi connectivity index (χ0n) is 17.8. The largest absolute Gasteiger partial charge is 0.311 e. The standard InChI is InChI=1S/C23H23Cl2N3O3S2/c1-2-13-28-21-19(12-11-18(24)20(21)25)32-23(28)26-22(29)16-7-9-17(10-8-16)33(30,31)27-14-5-3-4-6-15-27/h2,7-12H,1,3-6,13-15H2. The molecule has 1 aliphatic rings. The van der Waals surface area contributed by atoms with Gasteiger partial charge in [0.05, 0.1) is 25.2 Å². The lowest BCUT2D eigenvalue weighted by Gasteiger charge is -2.19. The topological polar surface area (TPSA) is 71.7 Å². The molecule has 0 atom stereocenters. The van der Waals surface area contributed by atoms with Gasteiger partial charge in [-0.3, -0.25) is 4.79 Å². The molecule has 6 nitrogen and oxygen atoms in total. The third-order valence-corrected chi connectivity index (χ3v) is 9.30. The van der Waals surface area contributed by atoms with Crippen LogP contribution < -0.4 is 4.80 Å². The quantitative estimate of drug-likeness (QED) is 0.414. The zero-order chi connectivity index (χ0) is 23.6. The third kappa shape index (κ3) is 4.95. The number of thiazole rings is 1. The Bertz CT molecular complexity index is 1370. The molecule has 0 spiro atoms. The minimum atomic E-state index is -3.58. The van der Waals surface area contributed by atoms with Crippen molar-refractivity contribution in [3.05, 3.63) is 69.5 Å². The van der Waals surface area contributed by atoms with Gasteiger partial charge >= 0.3 is 0 Å². The summed E-state index contributed by atoms with van der Waals surface area (Å²) in [5.74, 6) is -0.472. The zero-order valence-corrected chi connectivity index (χ0v) is 21.0. The van der Waals surface area contributed by atoms with E-state index in [1.165, 1.54) is 39.9 Å². The third-order valence-electron chi connectivity index (χ3n) is 5.55. The fraction of sp³-hybridized carbons (Fsp3) is 0.304. The van der Waals surface area contributed by atoms with Gasteiger partial charge in [0, 0.05) is 25.2 Å². The van der Waals surface area contributed by atoms with Crippen molar-refractivity contribution in [3.8, 4) is 0 Å². The maximum atomic E-state index is 13.0. The summed E-state index contributed by atoms with van der Waals surface area (Å²) in [7, 11) is -3.58. The molecule has 2 aromatic carbocycles. The molecule has 0 aliphatic carbocycles. The second kappa shape index (κ2) is 10.1. The highest BCUT2D eigenvalue weighted by Gasteiger charge is 2.25. The molecule has 0 radical (unpaired) electrons. The number of hydrogen-bond acceptors (Lipinski definition) is 4. The summed E-state index contributed by atoms with van der Waals surface area (Å²) in [5, 5.41) is 0.808. The first kappa shape index (κ1) is 24.2. The van der Waals surface area contributed by atoms with Crippen LogP contribution in [0, 0.1) is 0 Å². The predicted octanol–water partition coefficient (Wildman–Crippen LogP) is 5.50. The fourth-order valence-electron chi connectivity index (χ4n) is 3.84. The van der Waals surface area contributed by atoms with Gasteiger partial charge in [-0.15, -0.1) is 6.58 Å². The maximum absolute atomic E-state index is 13.0. The van der Waals surface area contributed by atoms with Crippen molar-refractivity contribution in [1.82, 2.24) is 8.87 Å². The lowest BCUT2D eigenvalue weighted by Crippen LogP contribution is -2.31. The van der Waals surface area contributed by atoms with Gasteiger partial charge in [0.15, 0.2) is 4.80 Å². The van der Waals surface area contributed by atoms with Gasteiger partial charge in [0.25, 0.3) is 5.91 Å². The molecule has 0 unspecified atom stereocenters. The molecule has 4 rings (SSSR count). The van der Waals surface area contributed by atoms with E-state index in [0.717, 1.165) is 30.4 Å². The van der Waals surface area contributed by atoms with E-state index in [-0.39, 0.29) is 4.90 Å². The number of carbonyl (C=O) groups excluding carboxylic acids is 1. The second-order valence-corrected chi connectivity index (χ2v) is 11.5. The van der Waals surface area contributed by atoms with Gasteiger partial charge < -0.3 is 4.57 Å². The van der Waals surface area contributed by atoms with Crippen molar-refractivity contribution in [3.63, 3.8) is 0 Å². The molecule has 0 N–H and O–H groups in total. The molecule has 1 amide bonds. The molecule has 10 heteroatoms. The monoisotopic (exact) mass is 523 g/mol. The summed E-state index contributed by atoms with van der Waals surface area (Å²) in [5.41, 5.74) is 0.996. The number of hydrogen-bond donors (Lipinski definition) is 0. The lowest BCUT2D eigenvalue weighted by molar-refractivity contribution is 0.0997. The van der Waals surface area contributed by atoms with E-state index in [9.17, 15) is 13.2 Å². The molecule has 1 saturated heterocycles. The molecule has 2 heterocycles. The van der Waals surface area contributed by atoms with Crippen LogP contribution in [-0.4, -0.2) is 36.3 Å². The number of fused-ring (bicyclic) bond motifs is 1. The van der Waals surface area contributed by atoms with Crippen LogP contribution in [0.1, 0.15) is 36.0 Å². The Kier molecular flexibility index (Phi) is 7.40. The first-order chi connectivity index (χ1) is 15.8. The Hall–Kier alpha value is -1.97. The van der Waals surface area contributed by atoms with Crippen molar-refractivity contribution < 1.29 is 13.2 Å². The van der Waals surface area contributed by atoms with E-state index in [0.29, 0.717) is 45.6 Å². The average molecular weight is 524 g/mol. The Balaban J connectivity index is 1.67. The Morgan fingerprint density at radius 2 is 1.73 bits per heavy atom. The smallest absolute Gasteiger partial charge is 0.279 e. The minimum absolute atomic E-state index is 0.186. The van der Waals surface area contributed by atoms with E-state index < -0.39 is 15.9 Å². The van der Waals surface area contributed by atoms with Crippen LogP contribution >= 0.6 is 34.5 Å². The van der Waals surface area contributed by atoms with Gasteiger partial charge in [-0.2, -0.15) is 9.30 Å². The molecular formula is C23H23Cl2N3O3S2. The van der Waals surface area contributed by atoms with Crippen LogP contribution in [0.15, 0.2) is 58.9 Å². The first-order valence-electron chi connectivity index (χ1n) is 10.6.